The molecule has 0 saturated heterocycles. The number of hydrogen-bond donors (Lipinski definition) is 0. The van der Waals surface area contributed by atoms with Crippen molar-refractivity contribution in [1.29, 1.82) is 0 Å². The van der Waals surface area contributed by atoms with Crippen molar-refractivity contribution in [3.8, 4) is 11.5 Å². The lowest BCUT2D eigenvalue weighted by Crippen LogP contribution is -2.59. The largest absolute Gasteiger partial charge is 0.458 e. The Balaban J connectivity index is 1.33. The molecule has 4 fully saturated rings. The number of ether oxygens (including phenoxy) is 1. The van der Waals surface area contributed by atoms with E-state index in [1.165, 1.54) is 77.5 Å². The minimum atomic E-state index is 0.191. The molecular weight excluding hydrogens is 449 g/mol. The molecule has 37 heavy (non-hydrogen) atoms. The van der Waals surface area contributed by atoms with Gasteiger partial charge in [-0.2, -0.15) is 0 Å². The Bertz CT molecular complexity index is 1520. The second kappa shape index (κ2) is 7.31. The van der Waals surface area contributed by atoms with Gasteiger partial charge in [-0.25, -0.2) is 0 Å². The number of para-hydroxylation sites is 3. The van der Waals surface area contributed by atoms with Crippen LogP contribution in [0.2, 0.25) is 0 Å². The van der Waals surface area contributed by atoms with Crippen molar-refractivity contribution in [2.24, 2.45) is 17.8 Å². The normalized spacial score (nSPS) is 27.8. The number of nitrogens with zero attached hydrogens (tertiary/aromatic N) is 1. The lowest BCUT2D eigenvalue weighted by molar-refractivity contribution is -0.00522. The number of rotatable bonds is 2. The number of fused-ring (bicyclic) bond motifs is 4. The number of benzene rings is 4. The minimum absolute atomic E-state index is 0.191. The van der Waals surface area contributed by atoms with Crippen LogP contribution in [0.4, 0.5) is 17.1 Å². The predicted molar refractivity (Wildman–Crippen MR) is 152 cm³/mol. The van der Waals surface area contributed by atoms with Gasteiger partial charge in [0.2, 0.25) is 0 Å². The zero-order chi connectivity index (χ0) is 24.1. The Hall–Kier alpha value is -3.46. The van der Waals surface area contributed by atoms with Crippen molar-refractivity contribution < 1.29 is 4.74 Å². The fraction of sp³-hybridized carbons (Fsp3) is 0.294. The van der Waals surface area contributed by atoms with Gasteiger partial charge < -0.3 is 9.64 Å². The summed E-state index contributed by atoms with van der Waals surface area (Å²) in [5.74, 6) is 4.83. The van der Waals surface area contributed by atoms with E-state index in [4.69, 9.17) is 4.74 Å². The van der Waals surface area contributed by atoms with E-state index in [-0.39, 0.29) is 6.71 Å². The molecule has 0 radical (unpaired) electrons. The Kier molecular flexibility index (Phi) is 4.07. The molecule has 4 aromatic rings. The van der Waals surface area contributed by atoms with Crippen molar-refractivity contribution >= 4 is 40.2 Å². The number of anilines is 3. The third kappa shape index (κ3) is 2.83. The lowest BCUT2D eigenvalue weighted by atomic mass is 9.34. The van der Waals surface area contributed by atoms with E-state index in [1.54, 1.807) is 0 Å². The molecule has 0 unspecified atom stereocenters. The van der Waals surface area contributed by atoms with Crippen molar-refractivity contribution in [2.45, 2.75) is 43.9 Å². The molecule has 4 aromatic carbocycles. The molecule has 0 spiro atoms. The van der Waals surface area contributed by atoms with E-state index >= 15 is 0 Å². The molecular formula is C34H30BNO. The monoisotopic (exact) mass is 479 g/mol. The van der Waals surface area contributed by atoms with Crippen LogP contribution in [0.5, 0.6) is 11.5 Å². The summed E-state index contributed by atoms with van der Waals surface area (Å²) in [5, 5.41) is 0. The van der Waals surface area contributed by atoms with E-state index in [9.17, 15) is 0 Å². The van der Waals surface area contributed by atoms with Crippen LogP contribution in [0.3, 0.4) is 0 Å². The second-order valence-corrected chi connectivity index (χ2v) is 12.4. The van der Waals surface area contributed by atoms with Gasteiger partial charge in [0, 0.05) is 17.1 Å². The third-order valence-electron chi connectivity index (χ3n) is 10.3. The van der Waals surface area contributed by atoms with Gasteiger partial charge in [-0.1, -0.05) is 54.6 Å². The first kappa shape index (κ1) is 20.6. The zero-order valence-corrected chi connectivity index (χ0v) is 21.1. The average molecular weight is 479 g/mol. The van der Waals surface area contributed by atoms with Crippen LogP contribution in [0, 0.1) is 17.8 Å². The van der Waals surface area contributed by atoms with Crippen LogP contribution in [0.15, 0.2) is 91.0 Å². The van der Waals surface area contributed by atoms with Gasteiger partial charge in [-0.3, -0.25) is 0 Å². The zero-order valence-electron chi connectivity index (χ0n) is 21.1. The minimum Gasteiger partial charge on any atom is -0.458 e. The van der Waals surface area contributed by atoms with Gasteiger partial charge in [0.1, 0.15) is 11.5 Å². The smallest absolute Gasteiger partial charge is 0.256 e. The SMILES string of the molecule is c1ccc(N2c3ccccc3B3c4ccccc4Oc4cc(C56CC7CC(CC(C7)C5)C6)cc2c43)cc1. The topological polar surface area (TPSA) is 12.5 Å². The summed E-state index contributed by atoms with van der Waals surface area (Å²) < 4.78 is 6.80. The van der Waals surface area contributed by atoms with Gasteiger partial charge in [-0.05, 0) is 120 Å². The van der Waals surface area contributed by atoms with E-state index < -0.39 is 0 Å². The summed E-state index contributed by atoms with van der Waals surface area (Å²) in [6, 6.07) is 33.7. The molecule has 10 rings (SSSR count). The Morgan fingerprint density at radius 2 is 1.30 bits per heavy atom. The van der Waals surface area contributed by atoms with Crippen LogP contribution in [-0.2, 0) is 5.41 Å². The summed E-state index contributed by atoms with van der Waals surface area (Å²) in [6.45, 7) is 0.191. The Morgan fingerprint density at radius 1 is 0.649 bits per heavy atom. The standard InChI is InChI=1S/C34H30BNO/c1-2-8-26(9-3-1)36-29-12-6-4-10-27(29)35-28-11-5-7-13-31(28)37-32-18-25(17-30(36)33(32)35)34-19-22-14-23(20-34)16-24(15-22)21-34/h1-13,17-18,22-24H,14-16,19-21H2. The highest BCUT2D eigenvalue weighted by Crippen LogP contribution is 2.61. The number of hydrogen-bond acceptors (Lipinski definition) is 2. The van der Waals surface area contributed by atoms with Crippen molar-refractivity contribution in [1.82, 2.24) is 0 Å². The predicted octanol–water partition coefficient (Wildman–Crippen LogP) is 6.56. The maximum absolute atomic E-state index is 6.80. The van der Waals surface area contributed by atoms with Gasteiger partial charge >= 0.3 is 0 Å². The molecule has 0 aromatic heterocycles. The molecule has 2 heterocycles. The van der Waals surface area contributed by atoms with E-state index in [0.29, 0.717) is 5.41 Å². The van der Waals surface area contributed by atoms with Gasteiger partial charge in [0.05, 0.1) is 0 Å². The molecule has 180 valence electrons. The summed E-state index contributed by atoms with van der Waals surface area (Å²) >= 11 is 0. The molecule has 4 bridgehead atoms. The third-order valence-corrected chi connectivity index (χ3v) is 10.3. The highest BCUT2D eigenvalue weighted by atomic mass is 16.5. The van der Waals surface area contributed by atoms with Crippen LogP contribution in [0.25, 0.3) is 0 Å². The fourth-order valence-corrected chi connectivity index (χ4v) is 9.27. The van der Waals surface area contributed by atoms with E-state index in [1.807, 2.05) is 0 Å². The van der Waals surface area contributed by atoms with Crippen molar-refractivity contribution in [3.05, 3.63) is 96.6 Å². The van der Waals surface area contributed by atoms with Gasteiger partial charge in [-0.15, -0.1) is 0 Å². The fourth-order valence-electron chi connectivity index (χ4n) is 9.27. The Morgan fingerprint density at radius 3 is 2.05 bits per heavy atom. The first-order valence-electron chi connectivity index (χ1n) is 14.2. The van der Waals surface area contributed by atoms with Crippen molar-refractivity contribution in [2.75, 3.05) is 4.90 Å². The highest BCUT2D eigenvalue weighted by molar-refractivity contribution is 6.99. The molecule has 0 amide bonds. The highest BCUT2D eigenvalue weighted by Gasteiger charge is 2.52. The van der Waals surface area contributed by atoms with E-state index in [0.717, 1.165) is 29.3 Å². The molecule has 4 aliphatic carbocycles. The Labute approximate surface area is 219 Å². The quantitative estimate of drug-likeness (QED) is 0.261. The van der Waals surface area contributed by atoms with Crippen LogP contribution < -0.4 is 26.0 Å². The summed E-state index contributed by atoms with van der Waals surface area (Å²) in [6.07, 6.45) is 8.48. The summed E-state index contributed by atoms with van der Waals surface area (Å²) in [4.78, 5) is 2.51. The first-order valence-corrected chi connectivity index (χ1v) is 14.2. The van der Waals surface area contributed by atoms with Crippen LogP contribution in [-0.4, -0.2) is 6.71 Å². The van der Waals surface area contributed by atoms with Gasteiger partial charge in [0.25, 0.3) is 6.71 Å². The average Bonchev–Trinajstić information content (AvgIpc) is 2.92. The molecule has 2 nitrogen and oxygen atoms in total. The second-order valence-electron chi connectivity index (χ2n) is 12.4. The maximum atomic E-state index is 6.80. The molecule has 4 saturated carbocycles. The van der Waals surface area contributed by atoms with Gasteiger partial charge in [0.15, 0.2) is 0 Å². The first-order chi connectivity index (χ1) is 18.3. The maximum Gasteiger partial charge on any atom is 0.256 e. The van der Waals surface area contributed by atoms with Crippen LogP contribution in [0.1, 0.15) is 44.1 Å². The molecule has 6 aliphatic rings. The van der Waals surface area contributed by atoms with Crippen molar-refractivity contribution in [3.63, 3.8) is 0 Å². The molecule has 2 aliphatic heterocycles. The summed E-state index contributed by atoms with van der Waals surface area (Å²) in [5.41, 5.74) is 9.63. The molecule has 3 heteroatoms. The van der Waals surface area contributed by atoms with Crippen LogP contribution >= 0.6 is 0 Å². The molecule has 0 atom stereocenters. The molecule has 0 N–H and O–H groups in total. The van der Waals surface area contributed by atoms with E-state index in [2.05, 4.69) is 95.9 Å². The lowest BCUT2D eigenvalue weighted by Gasteiger charge is -2.57. The summed E-state index contributed by atoms with van der Waals surface area (Å²) in [7, 11) is 0.